The third-order valence-electron chi connectivity index (χ3n) is 10.6. The standard InChI is InChI=1S/C26H22NS3.C15H28O2.Ir/c1-14-11-18-20(29-14)5-6-21-22(18)17-7-9-27-23(25(17)30-21)16-12-15-8-10-28-24(15)19(13-16)26(2,3)4;1-7-14(5,8-2)12(16)11-13(17)15(6,9-3)10-4;/h5-10,13-14H,11H2,1-4H3;11,16H,7-10H2,1-6H3;/q-1;;/b;12-11-;. The fourth-order valence-corrected chi connectivity index (χ4v) is 9.74. The van der Waals surface area contributed by atoms with Crippen LogP contribution in [-0.4, -0.2) is 21.1 Å². The van der Waals surface area contributed by atoms with Crippen LogP contribution in [0.2, 0.25) is 0 Å². The van der Waals surface area contributed by atoms with Crippen LogP contribution in [0.15, 0.2) is 58.6 Å². The molecule has 1 aliphatic rings. The summed E-state index contributed by atoms with van der Waals surface area (Å²) in [6.07, 6.45) is 7.89. The van der Waals surface area contributed by atoms with E-state index < -0.39 is 0 Å². The molecule has 1 aliphatic heterocycles. The molecule has 1 N–H and O–H groups in total. The zero-order valence-electron chi connectivity index (χ0n) is 30.1. The summed E-state index contributed by atoms with van der Waals surface area (Å²) >= 11 is 5.71. The Bertz CT molecular complexity index is 1950. The zero-order chi connectivity index (χ0) is 34.3. The molecule has 0 saturated carbocycles. The normalized spacial score (nSPS) is 15.4. The van der Waals surface area contributed by atoms with Gasteiger partial charge in [0.25, 0.3) is 0 Å². The summed E-state index contributed by atoms with van der Waals surface area (Å²) < 4.78 is 4.01. The van der Waals surface area contributed by atoms with Crippen LogP contribution in [0, 0.1) is 16.9 Å². The third-order valence-corrected chi connectivity index (χ3v) is 13.9. The van der Waals surface area contributed by atoms with E-state index in [9.17, 15) is 9.90 Å². The summed E-state index contributed by atoms with van der Waals surface area (Å²) in [6, 6.07) is 15.0. The first-order valence-electron chi connectivity index (χ1n) is 17.1. The number of thiophene rings is 2. The Kier molecular flexibility index (Phi) is 12.2. The number of fused-ring (bicyclic) bond motifs is 6. The maximum Gasteiger partial charge on any atom is 0.164 e. The summed E-state index contributed by atoms with van der Waals surface area (Å²) in [5.41, 5.74) is 4.57. The maximum absolute atomic E-state index is 12.2. The molecule has 1 radical (unpaired) electrons. The molecule has 3 nitrogen and oxygen atoms in total. The van der Waals surface area contributed by atoms with Crippen LogP contribution >= 0.6 is 34.4 Å². The summed E-state index contributed by atoms with van der Waals surface area (Å²) in [4.78, 5) is 18.5. The molecule has 4 heterocycles. The number of aromatic nitrogens is 1. The Labute approximate surface area is 313 Å². The fourth-order valence-electron chi connectivity index (χ4n) is 6.27. The Morgan fingerprint density at radius 3 is 2.27 bits per heavy atom. The summed E-state index contributed by atoms with van der Waals surface area (Å²) in [5, 5.41) is 17.0. The van der Waals surface area contributed by atoms with Crippen LogP contribution in [-0.2, 0) is 36.7 Å². The van der Waals surface area contributed by atoms with E-state index >= 15 is 0 Å². The van der Waals surface area contributed by atoms with Crippen LogP contribution in [0.1, 0.15) is 106 Å². The number of carbonyl (C=O) groups excluding carboxylic acids is 1. The van der Waals surface area contributed by atoms with Crippen molar-refractivity contribution in [2.75, 3.05) is 0 Å². The summed E-state index contributed by atoms with van der Waals surface area (Å²) in [5.74, 6) is 0.286. The van der Waals surface area contributed by atoms with Gasteiger partial charge in [-0.15, -0.1) is 46.7 Å². The number of allylic oxidation sites excluding steroid dienone is 2. The molecule has 0 aliphatic carbocycles. The Balaban J connectivity index is 0.000000251. The SMILES string of the molecule is CC1Cc2c(ccc3sc4c(-c5[c-]c6ccsc6c(C(C)(C)C)c5)nccc4c23)S1.CCC(C)(CC)C(=O)/C=C(\O)C(C)(CC)CC.[Ir]. The number of rotatable bonds is 8. The number of nitrogens with zero attached hydrogens (tertiary/aromatic N) is 1. The van der Waals surface area contributed by atoms with Crippen LogP contribution in [0.4, 0.5) is 0 Å². The Morgan fingerprint density at radius 1 is 0.979 bits per heavy atom. The van der Waals surface area contributed by atoms with Gasteiger partial charge in [-0.25, -0.2) is 0 Å². The van der Waals surface area contributed by atoms with Crippen molar-refractivity contribution >= 4 is 70.5 Å². The van der Waals surface area contributed by atoms with E-state index in [1.54, 1.807) is 0 Å². The number of aliphatic hydroxyl groups is 1. The topological polar surface area (TPSA) is 50.2 Å². The van der Waals surface area contributed by atoms with Gasteiger partial charge in [0.2, 0.25) is 0 Å². The quantitative estimate of drug-likeness (QED) is 0.0958. The first-order chi connectivity index (χ1) is 22.2. The van der Waals surface area contributed by atoms with Gasteiger partial charge in [-0.2, -0.15) is 11.3 Å². The smallest absolute Gasteiger partial charge is 0.164 e. The third kappa shape index (κ3) is 7.37. The van der Waals surface area contributed by atoms with Crippen molar-refractivity contribution in [3.63, 3.8) is 0 Å². The molecule has 2 aromatic carbocycles. The molecule has 6 rings (SSSR count). The van der Waals surface area contributed by atoms with E-state index in [2.05, 4.69) is 69.5 Å². The van der Waals surface area contributed by atoms with Gasteiger partial charge in [0, 0.05) is 73.8 Å². The maximum atomic E-state index is 12.2. The Morgan fingerprint density at radius 2 is 1.65 bits per heavy atom. The van der Waals surface area contributed by atoms with Crippen molar-refractivity contribution in [3.05, 3.63) is 70.9 Å². The molecule has 5 aromatic rings. The van der Waals surface area contributed by atoms with Gasteiger partial charge in [-0.05, 0) is 76.7 Å². The first-order valence-corrected chi connectivity index (χ1v) is 19.7. The van der Waals surface area contributed by atoms with E-state index in [0.717, 1.165) is 43.4 Å². The van der Waals surface area contributed by atoms with Gasteiger partial charge in [0.15, 0.2) is 5.78 Å². The second kappa shape index (κ2) is 15.1. The minimum absolute atomic E-state index is 0. The molecular formula is C41H50IrNO2S3-. The number of hydrogen-bond acceptors (Lipinski definition) is 6. The van der Waals surface area contributed by atoms with Gasteiger partial charge in [-0.3, -0.25) is 9.78 Å². The molecule has 7 heteroatoms. The van der Waals surface area contributed by atoms with Crippen LogP contribution in [0.5, 0.6) is 0 Å². The fraction of sp³-hybridized carbons (Fsp3) is 0.463. The number of hydrogen-bond donors (Lipinski definition) is 1. The van der Waals surface area contributed by atoms with E-state index in [4.69, 9.17) is 4.98 Å². The second-order valence-electron chi connectivity index (χ2n) is 14.6. The monoisotopic (exact) mass is 877 g/mol. The number of carbonyl (C=O) groups is 1. The van der Waals surface area contributed by atoms with E-state index in [0.29, 0.717) is 5.25 Å². The molecular weight excluding hydrogens is 827 g/mol. The number of aliphatic hydroxyl groups excluding tert-OH is 1. The van der Waals surface area contributed by atoms with Gasteiger partial charge in [0.1, 0.15) is 5.76 Å². The molecule has 3 aromatic heterocycles. The molecule has 0 bridgehead atoms. The van der Waals surface area contributed by atoms with Crippen LogP contribution < -0.4 is 0 Å². The minimum Gasteiger partial charge on any atom is -0.512 e. The predicted octanol–water partition coefficient (Wildman–Crippen LogP) is 13.1. The molecule has 0 spiro atoms. The summed E-state index contributed by atoms with van der Waals surface area (Å²) in [7, 11) is 0. The van der Waals surface area contributed by atoms with Crippen molar-refractivity contribution < 1.29 is 30.0 Å². The molecule has 0 saturated heterocycles. The van der Waals surface area contributed by atoms with E-state index in [1.807, 2.05) is 82.2 Å². The zero-order valence-corrected chi connectivity index (χ0v) is 34.9. The van der Waals surface area contributed by atoms with Crippen molar-refractivity contribution in [2.24, 2.45) is 10.8 Å². The largest absolute Gasteiger partial charge is 0.512 e. The average molecular weight is 877 g/mol. The number of thioether (sulfide) groups is 1. The molecule has 259 valence electrons. The van der Waals surface area contributed by atoms with Crippen molar-refractivity contribution in [3.8, 4) is 11.3 Å². The molecule has 0 fully saturated rings. The number of pyridine rings is 1. The molecule has 48 heavy (non-hydrogen) atoms. The van der Waals surface area contributed by atoms with Gasteiger partial charge in [-0.1, -0.05) is 80.4 Å². The number of benzene rings is 2. The molecule has 1 atom stereocenters. The molecule has 0 amide bonds. The molecule has 1 unspecified atom stereocenters. The first kappa shape index (κ1) is 38.8. The van der Waals surface area contributed by atoms with Crippen LogP contribution in [0.3, 0.4) is 0 Å². The summed E-state index contributed by atoms with van der Waals surface area (Å²) in [6.45, 7) is 21.3. The van der Waals surface area contributed by atoms with Crippen LogP contribution in [0.25, 0.3) is 41.5 Å². The van der Waals surface area contributed by atoms with Crippen molar-refractivity contribution in [1.29, 1.82) is 0 Å². The van der Waals surface area contributed by atoms with Crippen molar-refractivity contribution in [1.82, 2.24) is 4.98 Å². The second-order valence-corrected chi connectivity index (χ2v) is 18.1. The van der Waals surface area contributed by atoms with E-state index in [1.165, 1.54) is 52.4 Å². The predicted molar refractivity (Wildman–Crippen MR) is 208 cm³/mol. The van der Waals surface area contributed by atoms with E-state index in [-0.39, 0.29) is 47.9 Å². The average Bonchev–Trinajstić information content (AvgIpc) is 3.78. The van der Waals surface area contributed by atoms with Gasteiger partial charge >= 0.3 is 0 Å². The minimum atomic E-state index is -0.337. The van der Waals surface area contributed by atoms with Gasteiger partial charge < -0.3 is 5.11 Å². The number of ketones is 1. The Hall–Kier alpha value is -2.02. The van der Waals surface area contributed by atoms with Gasteiger partial charge in [0.05, 0.1) is 0 Å². The van der Waals surface area contributed by atoms with Crippen molar-refractivity contribution in [2.45, 2.75) is 117 Å².